The van der Waals surface area contributed by atoms with E-state index in [0.29, 0.717) is 11.3 Å². The van der Waals surface area contributed by atoms with E-state index in [0.717, 1.165) is 16.5 Å². The Morgan fingerprint density at radius 1 is 1.35 bits per heavy atom. The predicted octanol–water partition coefficient (Wildman–Crippen LogP) is 2.47. The number of carbonyl (C=O) groups excluding carboxylic acids is 1. The smallest absolute Gasteiger partial charge is 0.310 e. The van der Waals surface area contributed by atoms with Crippen LogP contribution >= 0.6 is 0 Å². The lowest BCUT2D eigenvalue weighted by Crippen LogP contribution is -2.03. The molecule has 0 aliphatic heterocycles. The van der Waals surface area contributed by atoms with Crippen molar-refractivity contribution in [2.45, 2.75) is 13.3 Å². The summed E-state index contributed by atoms with van der Waals surface area (Å²) in [6.45, 7) is 1.95. The van der Waals surface area contributed by atoms with Crippen LogP contribution in [0.2, 0.25) is 0 Å². The lowest BCUT2D eigenvalue weighted by atomic mass is 10.1. The summed E-state index contributed by atoms with van der Waals surface area (Å²) in [5.41, 5.74) is 2.48. The summed E-state index contributed by atoms with van der Waals surface area (Å²) in [6.07, 6.45) is 1.78. The van der Waals surface area contributed by atoms with Gasteiger partial charge in [0.2, 0.25) is 0 Å². The molecule has 2 rings (SSSR count). The number of esters is 1. The molecule has 1 aromatic carbocycles. The summed E-state index contributed by atoms with van der Waals surface area (Å²) in [5.74, 6) is 0.422. The Labute approximate surface area is 99.1 Å². The third kappa shape index (κ3) is 1.98. The van der Waals surface area contributed by atoms with Gasteiger partial charge in [-0.3, -0.25) is 4.79 Å². The molecule has 90 valence electrons. The Balaban J connectivity index is 2.51. The van der Waals surface area contributed by atoms with Crippen LogP contribution in [0.15, 0.2) is 22.8 Å². The molecule has 4 nitrogen and oxygen atoms in total. The lowest BCUT2D eigenvalue weighted by molar-refractivity contribution is -0.139. The maximum Gasteiger partial charge on any atom is 0.310 e. The van der Waals surface area contributed by atoms with Crippen molar-refractivity contribution in [1.29, 1.82) is 0 Å². The van der Waals surface area contributed by atoms with E-state index in [1.807, 2.05) is 19.1 Å². The highest BCUT2D eigenvalue weighted by Crippen LogP contribution is 2.32. The maximum atomic E-state index is 11.2. The third-order valence-electron chi connectivity index (χ3n) is 2.74. The number of aryl methyl sites for hydroxylation is 1. The van der Waals surface area contributed by atoms with E-state index in [1.165, 1.54) is 7.11 Å². The first-order chi connectivity index (χ1) is 8.17. The highest BCUT2D eigenvalue weighted by Gasteiger charge is 2.14. The lowest BCUT2D eigenvalue weighted by Gasteiger charge is -2.04. The van der Waals surface area contributed by atoms with Crippen LogP contribution in [0.25, 0.3) is 11.0 Å². The summed E-state index contributed by atoms with van der Waals surface area (Å²) in [4.78, 5) is 11.2. The Kier molecular flexibility index (Phi) is 3.04. The van der Waals surface area contributed by atoms with Crippen molar-refractivity contribution in [3.8, 4) is 5.75 Å². The topological polar surface area (TPSA) is 48.7 Å². The molecule has 0 amide bonds. The number of furan rings is 1. The summed E-state index contributed by atoms with van der Waals surface area (Å²) < 4.78 is 15.4. The van der Waals surface area contributed by atoms with Gasteiger partial charge in [-0.2, -0.15) is 0 Å². The first-order valence-electron chi connectivity index (χ1n) is 5.28. The van der Waals surface area contributed by atoms with Gasteiger partial charge in [-0.15, -0.1) is 0 Å². The predicted molar refractivity (Wildman–Crippen MR) is 63.2 cm³/mol. The Bertz CT molecular complexity index is 554. The number of fused-ring (bicyclic) bond motifs is 1. The Hall–Kier alpha value is -1.97. The number of ether oxygens (including phenoxy) is 2. The molecule has 0 spiro atoms. The van der Waals surface area contributed by atoms with Crippen molar-refractivity contribution in [3.05, 3.63) is 29.5 Å². The summed E-state index contributed by atoms with van der Waals surface area (Å²) in [5, 5.41) is 0.887. The zero-order valence-electron chi connectivity index (χ0n) is 10.1. The second-order valence-corrected chi connectivity index (χ2v) is 3.81. The minimum Gasteiger partial charge on any atom is -0.493 e. The van der Waals surface area contributed by atoms with Crippen molar-refractivity contribution in [2.75, 3.05) is 14.2 Å². The summed E-state index contributed by atoms with van der Waals surface area (Å²) >= 11 is 0. The summed E-state index contributed by atoms with van der Waals surface area (Å²) in [6, 6.07) is 3.87. The third-order valence-corrected chi connectivity index (χ3v) is 2.74. The van der Waals surface area contributed by atoms with E-state index in [1.54, 1.807) is 13.4 Å². The number of hydrogen-bond acceptors (Lipinski definition) is 4. The van der Waals surface area contributed by atoms with Gasteiger partial charge in [0.15, 0.2) is 11.3 Å². The van der Waals surface area contributed by atoms with Crippen molar-refractivity contribution >= 4 is 16.9 Å². The second kappa shape index (κ2) is 4.49. The normalized spacial score (nSPS) is 10.5. The molecular weight excluding hydrogens is 220 g/mol. The molecule has 1 heterocycles. The molecule has 0 bridgehead atoms. The van der Waals surface area contributed by atoms with E-state index in [2.05, 4.69) is 4.74 Å². The SMILES string of the molecule is COC(=O)Cc1coc2c(OC)c(C)ccc12. The number of benzene rings is 1. The number of methoxy groups -OCH3 is 2. The molecule has 0 atom stereocenters. The van der Waals surface area contributed by atoms with Crippen molar-refractivity contribution < 1.29 is 18.7 Å². The average molecular weight is 234 g/mol. The van der Waals surface area contributed by atoms with Crippen LogP contribution < -0.4 is 4.74 Å². The van der Waals surface area contributed by atoms with Crippen LogP contribution in [-0.4, -0.2) is 20.2 Å². The molecule has 4 heteroatoms. The molecular formula is C13H14O4. The average Bonchev–Trinajstić information content (AvgIpc) is 2.72. The molecule has 0 N–H and O–H groups in total. The first-order valence-corrected chi connectivity index (χ1v) is 5.28. The molecule has 0 saturated carbocycles. The highest BCUT2D eigenvalue weighted by atomic mass is 16.5. The van der Waals surface area contributed by atoms with Crippen LogP contribution in [0, 0.1) is 6.92 Å². The first kappa shape index (κ1) is 11.5. The molecule has 17 heavy (non-hydrogen) atoms. The van der Waals surface area contributed by atoms with Crippen LogP contribution in [0.5, 0.6) is 5.75 Å². The molecule has 1 aromatic heterocycles. The number of carbonyl (C=O) groups is 1. The zero-order chi connectivity index (χ0) is 12.4. The number of hydrogen-bond donors (Lipinski definition) is 0. The van der Waals surface area contributed by atoms with Crippen LogP contribution in [0.1, 0.15) is 11.1 Å². The summed E-state index contributed by atoms with van der Waals surface area (Å²) in [7, 11) is 2.97. The Morgan fingerprint density at radius 2 is 2.12 bits per heavy atom. The Morgan fingerprint density at radius 3 is 2.76 bits per heavy atom. The van der Waals surface area contributed by atoms with Crippen LogP contribution in [-0.2, 0) is 16.0 Å². The van der Waals surface area contributed by atoms with Gasteiger partial charge in [0.1, 0.15) is 0 Å². The highest BCUT2D eigenvalue weighted by molar-refractivity contribution is 5.90. The molecule has 0 aliphatic carbocycles. The molecule has 0 fully saturated rings. The second-order valence-electron chi connectivity index (χ2n) is 3.81. The van der Waals surface area contributed by atoms with Gasteiger partial charge in [-0.1, -0.05) is 12.1 Å². The fraction of sp³-hybridized carbons (Fsp3) is 0.308. The minimum atomic E-state index is -0.285. The van der Waals surface area contributed by atoms with Crippen molar-refractivity contribution in [3.63, 3.8) is 0 Å². The van der Waals surface area contributed by atoms with Gasteiger partial charge in [0, 0.05) is 10.9 Å². The van der Waals surface area contributed by atoms with E-state index >= 15 is 0 Å². The molecule has 0 radical (unpaired) electrons. The minimum absolute atomic E-state index is 0.204. The van der Waals surface area contributed by atoms with Gasteiger partial charge in [-0.25, -0.2) is 0 Å². The van der Waals surface area contributed by atoms with Gasteiger partial charge < -0.3 is 13.9 Å². The quantitative estimate of drug-likeness (QED) is 0.765. The fourth-order valence-corrected chi connectivity index (χ4v) is 1.84. The number of rotatable bonds is 3. The van der Waals surface area contributed by atoms with Gasteiger partial charge >= 0.3 is 5.97 Å². The molecule has 0 unspecified atom stereocenters. The van der Waals surface area contributed by atoms with E-state index in [9.17, 15) is 4.79 Å². The van der Waals surface area contributed by atoms with Gasteiger partial charge in [0.25, 0.3) is 0 Å². The van der Waals surface area contributed by atoms with Gasteiger partial charge in [0.05, 0.1) is 26.9 Å². The molecule has 0 saturated heterocycles. The monoisotopic (exact) mass is 234 g/mol. The largest absolute Gasteiger partial charge is 0.493 e. The molecule has 0 aliphatic rings. The van der Waals surface area contributed by atoms with E-state index in [4.69, 9.17) is 9.15 Å². The van der Waals surface area contributed by atoms with E-state index in [-0.39, 0.29) is 12.4 Å². The standard InChI is InChI=1S/C13H14O4/c1-8-4-5-10-9(6-11(14)15-2)7-17-13(10)12(8)16-3/h4-5,7H,6H2,1-3H3. The van der Waals surface area contributed by atoms with Crippen LogP contribution in [0.4, 0.5) is 0 Å². The molecule has 2 aromatic rings. The van der Waals surface area contributed by atoms with E-state index < -0.39 is 0 Å². The maximum absolute atomic E-state index is 11.2. The van der Waals surface area contributed by atoms with Gasteiger partial charge in [-0.05, 0) is 12.5 Å². The fourth-order valence-electron chi connectivity index (χ4n) is 1.84. The zero-order valence-corrected chi connectivity index (χ0v) is 10.1. The van der Waals surface area contributed by atoms with Crippen LogP contribution in [0.3, 0.4) is 0 Å². The van der Waals surface area contributed by atoms with Crippen molar-refractivity contribution in [2.24, 2.45) is 0 Å². The van der Waals surface area contributed by atoms with Crippen molar-refractivity contribution in [1.82, 2.24) is 0 Å².